The summed E-state index contributed by atoms with van der Waals surface area (Å²) in [4.78, 5) is 4.78. The fourth-order valence-corrected chi connectivity index (χ4v) is 2.76. The lowest BCUT2D eigenvalue weighted by Gasteiger charge is -2.34. The average Bonchev–Trinajstić information content (AvgIpc) is 2.26. The smallest absolute Gasteiger partial charge is 0.147 e. The van der Waals surface area contributed by atoms with Gasteiger partial charge in [0.15, 0.2) is 0 Å². The minimum Gasteiger partial charge on any atom is -0.330 e. The van der Waals surface area contributed by atoms with Gasteiger partial charge in [-0.25, -0.2) is 8.42 Å². The molecule has 0 aromatic rings. The fraction of sp³-hybridized carbons (Fsp3) is 1.00. The standard InChI is InChI=1S/C11H25N3O2S/c1-17(15,16)11-3-6-14-9-7-13(8-10-14)5-2-4-12/h2-12H2,1H3. The largest absolute Gasteiger partial charge is 0.330 e. The number of nitrogens with two attached hydrogens (primary N) is 1. The van der Waals surface area contributed by atoms with Gasteiger partial charge in [0.2, 0.25) is 0 Å². The van der Waals surface area contributed by atoms with Crippen LogP contribution in [0.4, 0.5) is 0 Å². The lowest BCUT2D eigenvalue weighted by molar-refractivity contribution is 0.132. The minimum atomic E-state index is -2.80. The lowest BCUT2D eigenvalue weighted by atomic mass is 10.2. The Morgan fingerprint density at radius 3 is 1.88 bits per heavy atom. The Labute approximate surface area is 105 Å². The first-order valence-corrected chi connectivity index (χ1v) is 8.40. The van der Waals surface area contributed by atoms with Gasteiger partial charge in [0, 0.05) is 32.4 Å². The molecule has 0 aromatic heterocycles. The molecular formula is C11H25N3O2S. The molecule has 1 fully saturated rings. The van der Waals surface area contributed by atoms with Crippen LogP contribution in [0.25, 0.3) is 0 Å². The fourth-order valence-electron chi connectivity index (χ4n) is 2.10. The zero-order chi connectivity index (χ0) is 12.7. The van der Waals surface area contributed by atoms with Crippen LogP contribution < -0.4 is 5.73 Å². The number of piperazine rings is 1. The van der Waals surface area contributed by atoms with Crippen LogP contribution >= 0.6 is 0 Å². The Hall–Kier alpha value is -0.170. The molecule has 0 aromatic carbocycles. The second kappa shape index (κ2) is 7.31. The topological polar surface area (TPSA) is 66.6 Å². The van der Waals surface area contributed by atoms with Crippen molar-refractivity contribution in [2.24, 2.45) is 5.73 Å². The second-order valence-electron chi connectivity index (χ2n) is 4.81. The van der Waals surface area contributed by atoms with Crippen LogP contribution in [0.15, 0.2) is 0 Å². The normalized spacial score (nSPS) is 19.6. The highest BCUT2D eigenvalue weighted by Crippen LogP contribution is 2.03. The van der Waals surface area contributed by atoms with Gasteiger partial charge < -0.3 is 15.5 Å². The molecule has 0 amide bonds. The molecule has 17 heavy (non-hydrogen) atoms. The second-order valence-corrected chi connectivity index (χ2v) is 7.07. The van der Waals surface area contributed by atoms with Gasteiger partial charge in [0.25, 0.3) is 0 Å². The van der Waals surface area contributed by atoms with E-state index in [1.807, 2.05) is 0 Å². The number of hydrogen-bond donors (Lipinski definition) is 1. The van der Waals surface area contributed by atoms with E-state index in [1.165, 1.54) is 6.26 Å². The van der Waals surface area contributed by atoms with Crippen molar-refractivity contribution in [3.63, 3.8) is 0 Å². The zero-order valence-electron chi connectivity index (χ0n) is 10.8. The van der Waals surface area contributed by atoms with Gasteiger partial charge in [-0.05, 0) is 32.5 Å². The number of hydrogen-bond acceptors (Lipinski definition) is 5. The molecule has 102 valence electrons. The van der Waals surface area contributed by atoms with Gasteiger partial charge in [-0.3, -0.25) is 0 Å². The molecule has 0 spiro atoms. The van der Waals surface area contributed by atoms with Crippen LogP contribution in [-0.2, 0) is 9.84 Å². The highest BCUT2D eigenvalue weighted by atomic mass is 32.2. The summed E-state index contributed by atoms with van der Waals surface area (Å²) in [6, 6.07) is 0. The lowest BCUT2D eigenvalue weighted by Crippen LogP contribution is -2.47. The molecule has 6 heteroatoms. The van der Waals surface area contributed by atoms with Gasteiger partial charge in [-0.15, -0.1) is 0 Å². The Kier molecular flexibility index (Phi) is 6.40. The summed E-state index contributed by atoms with van der Waals surface area (Å²) < 4.78 is 22.0. The molecule has 5 nitrogen and oxygen atoms in total. The van der Waals surface area contributed by atoms with Crippen LogP contribution in [0.1, 0.15) is 12.8 Å². The molecule has 1 heterocycles. The summed E-state index contributed by atoms with van der Waals surface area (Å²) in [7, 11) is -2.80. The van der Waals surface area contributed by atoms with E-state index in [-0.39, 0.29) is 0 Å². The minimum absolute atomic E-state index is 0.306. The van der Waals surface area contributed by atoms with E-state index in [9.17, 15) is 8.42 Å². The quantitative estimate of drug-likeness (QED) is 0.663. The molecule has 1 saturated heterocycles. The summed E-state index contributed by atoms with van der Waals surface area (Å²) in [5.74, 6) is 0.306. The van der Waals surface area contributed by atoms with Crippen LogP contribution in [0, 0.1) is 0 Å². The molecule has 1 aliphatic heterocycles. The number of sulfone groups is 1. The summed E-state index contributed by atoms with van der Waals surface area (Å²) in [6.07, 6.45) is 3.12. The van der Waals surface area contributed by atoms with Crippen molar-refractivity contribution in [2.45, 2.75) is 12.8 Å². The predicted molar refractivity (Wildman–Crippen MR) is 70.9 cm³/mol. The molecule has 0 unspecified atom stereocenters. The van der Waals surface area contributed by atoms with E-state index in [4.69, 9.17) is 5.73 Å². The average molecular weight is 263 g/mol. The van der Waals surface area contributed by atoms with Crippen molar-refractivity contribution in [1.29, 1.82) is 0 Å². The highest BCUT2D eigenvalue weighted by Gasteiger charge is 2.16. The molecule has 0 aliphatic carbocycles. The van der Waals surface area contributed by atoms with E-state index in [1.54, 1.807) is 0 Å². The Bertz CT molecular complexity index is 298. The molecular weight excluding hydrogens is 238 g/mol. The Morgan fingerprint density at radius 1 is 1.00 bits per heavy atom. The zero-order valence-corrected chi connectivity index (χ0v) is 11.6. The maximum Gasteiger partial charge on any atom is 0.147 e. The monoisotopic (exact) mass is 263 g/mol. The molecule has 0 bridgehead atoms. The molecule has 0 saturated carbocycles. The molecule has 0 radical (unpaired) electrons. The molecule has 2 N–H and O–H groups in total. The van der Waals surface area contributed by atoms with Crippen LogP contribution in [0.5, 0.6) is 0 Å². The van der Waals surface area contributed by atoms with Crippen molar-refractivity contribution in [1.82, 2.24) is 9.80 Å². The maximum absolute atomic E-state index is 11.0. The van der Waals surface area contributed by atoms with E-state index in [0.29, 0.717) is 5.75 Å². The number of rotatable bonds is 7. The summed E-state index contributed by atoms with van der Waals surface area (Å²) in [6.45, 7) is 7.01. The Balaban J connectivity index is 2.11. The first-order valence-electron chi connectivity index (χ1n) is 6.34. The third-order valence-corrected chi connectivity index (χ3v) is 4.16. The summed E-state index contributed by atoms with van der Waals surface area (Å²) in [5, 5.41) is 0. The van der Waals surface area contributed by atoms with Crippen LogP contribution in [-0.4, -0.2) is 76.0 Å². The van der Waals surface area contributed by atoms with Gasteiger partial charge in [0.05, 0.1) is 5.75 Å². The van der Waals surface area contributed by atoms with Crippen LogP contribution in [0.3, 0.4) is 0 Å². The van der Waals surface area contributed by atoms with Gasteiger partial charge in [-0.1, -0.05) is 0 Å². The third-order valence-electron chi connectivity index (χ3n) is 3.13. The third kappa shape index (κ3) is 6.98. The van der Waals surface area contributed by atoms with Gasteiger partial charge in [0.1, 0.15) is 9.84 Å². The van der Waals surface area contributed by atoms with Crippen molar-refractivity contribution in [2.75, 3.05) is 57.8 Å². The van der Waals surface area contributed by atoms with Crippen molar-refractivity contribution >= 4 is 9.84 Å². The predicted octanol–water partition coefficient (Wildman–Crippen LogP) is -0.612. The molecule has 1 rings (SSSR count). The van der Waals surface area contributed by atoms with E-state index < -0.39 is 9.84 Å². The van der Waals surface area contributed by atoms with Crippen molar-refractivity contribution < 1.29 is 8.42 Å². The highest BCUT2D eigenvalue weighted by molar-refractivity contribution is 7.90. The Morgan fingerprint density at radius 2 is 1.47 bits per heavy atom. The molecule has 1 aliphatic rings. The number of nitrogens with zero attached hydrogens (tertiary/aromatic N) is 2. The summed E-state index contributed by atoms with van der Waals surface area (Å²) in [5.41, 5.74) is 5.49. The first kappa shape index (κ1) is 14.9. The van der Waals surface area contributed by atoms with E-state index in [0.717, 1.165) is 58.7 Å². The van der Waals surface area contributed by atoms with E-state index >= 15 is 0 Å². The van der Waals surface area contributed by atoms with Crippen LogP contribution in [0.2, 0.25) is 0 Å². The first-order chi connectivity index (χ1) is 8.01. The maximum atomic E-state index is 11.0. The van der Waals surface area contributed by atoms with Crippen molar-refractivity contribution in [3.8, 4) is 0 Å². The summed E-state index contributed by atoms with van der Waals surface area (Å²) >= 11 is 0. The van der Waals surface area contributed by atoms with E-state index in [2.05, 4.69) is 9.80 Å². The van der Waals surface area contributed by atoms with Crippen molar-refractivity contribution in [3.05, 3.63) is 0 Å². The van der Waals surface area contributed by atoms with Gasteiger partial charge in [-0.2, -0.15) is 0 Å². The van der Waals surface area contributed by atoms with Gasteiger partial charge >= 0.3 is 0 Å². The SMILES string of the molecule is CS(=O)(=O)CCCN1CCN(CCCN)CC1. The molecule has 0 atom stereocenters.